The molecule has 1 heterocycles. The molecule has 0 amide bonds. The zero-order chi connectivity index (χ0) is 14.6. The quantitative estimate of drug-likeness (QED) is 0.754. The normalized spacial score (nSPS) is 31.8. The smallest absolute Gasteiger partial charge is 0.0632 e. The predicted octanol–water partition coefficient (Wildman–Crippen LogP) is 2.78. The Bertz CT molecular complexity index is 301. The predicted molar refractivity (Wildman–Crippen MR) is 85.0 cm³/mol. The molecule has 0 aromatic heterocycles. The molecule has 3 nitrogen and oxygen atoms in total. The van der Waals surface area contributed by atoms with Crippen molar-refractivity contribution in [1.29, 1.82) is 0 Å². The Morgan fingerprint density at radius 3 is 2.70 bits per heavy atom. The maximum atomic E-state index is 10.2. The van der Waals surface area contributed by atoms with Crippen LogP contribution in [-0.2, 0) is 0 Å². The molecule has 0 aromatic carbocycles. The third-order valence-corrected chi connectivity index (χ3v) is 5.01. The molecule has 2 rings (SSSR count). The number of hydrogen-bond acceptors (Lipinski definition) is 3. The molecule has 2 aliphatic rings. The number of rotatable bonds is 7. The molecule has 118 valence electrons. The standard InChI is InChI=1S/C17H34N2O/c1-4-8-16(2,13-18-15-6-7-15)14-19-11-5-9-17(3,20)10-12-19/h15,18,20H,4-14H2,1-3H3. The zero-order valence-corrected chi connectivity index (χ0v) is 13.7. The van der Waals surface area contributed by atoms with E-state index >= 15 is 0 Å². The van der Waals surface area contributed by atoms with Gasteiger partial charge in [-0.25, -0.2) is 0 Å². The highest BCUT2D eigenvalue weighted by Gasteiger charge is 2.32. The van der Waals surface area contributed by atoms with E-state index in [-0.39, 0.29) is 0 Å². The first-order valence-corrected chi connectivity index (χ1v) is 8.61. The van der Waals surface area contributed by atoms with Crippen molar-refractivity contribution in [2.24, 2.45) is 5.41 Å². The van der Waals surface area contributed by atoms with E-state index in [9.17, 15) is 5.11 Å². The molecule has 1 saturated carbocycles. The van der Waals surface area contributed by atoms with Gasteiger partial charge in [0.15, 0.2) is 0 Å². The summed E-state index contributed by atoms with van der Waals surface area (Å²) in [5.74, 6) is 0. The zero-order valence-electron chi connectivity index (χ0n) is 13.7. The number of hydrogen-bond donors (Lipinski definition) is 2. The highest BCUT2D eigenvalue weighted by atomic mass is 16.3. The maximum Gasteiger partial charge on any atom is 0.0632 e. The molecular formula is C17H34N2O. The molecule has 20 heavy (non-hydrogen) atoms. The molecule has 1 saturated heterocycles. The van der Waals surface area contributed by atoms with Crippen molar-refractivity contribution in [3.63, 3.8) is 0 Å². The van der Waals surface area contributed by atoms with Crippen LogP contribution in [-0.4, -0.2) is 47.8 Å². The Kier molecular flexibility index (Phi) is 5.49. The second kappa shape index (κ2) is 6.76. The van der Waals surface area contributed by atoms with Crippen LogP contribution in [0.2, 0.25) is 0 Å². The van der Waals surface area contributed by atoms with Gasteiger partial charge in [0.1, 0.15) is 0 Å². The van der Waals surface area contributed by atoms with Crippen molar-refractivity contribution in [1.82, 2.24) is 10.2 Å². The molecule has 2 atom stereocenters. The Labute approximate surface area is 125 Å². The van der Waals surface area contributed by atoms with Crippen LogP contribution in [0.5, 0.6) is 0 Å². The van der Waals surface area contributed by atoms with Gasteiger partial charge < -0.3 is 15.3 Å². The minimum atomic E-state index is -0.442. The molecule has 2 unspecified atom stereocenters. The fourth-order valence-electron chi connectivity index (χ4n) is 3.52. The van der Waals surface area contributed by atoms with Gasteiger partial charge in [0.05, 0.1) is 5.60 Å². The lowest BCUT2D eigenvalue weighted by molar-refractivity contribution is 0.0427. The molecule has 1 aliphatic carbocycles. The third kappa shape index (κ3) is 5.34. The van der Waals surface area contributed by atoms with Gasteiger partial charge in [-0.1, -0.05) is 20.3 Å². The van der Waals surface area contributed by atoms with Crippen LogP contribution in [0.15, 0.2) is 0 Å². The van der Waals surface area contributed by atoms with E-state index < -0.39 is 5.60 Å². The van der Waals surface area contributed by atoms with Crippen LogP contribution in [0, 0.1) is 5.41 Å². The minimum absolute atomic E-state index is 0.382. The van der Waals surface area contributed by atoms with E-state index in [1.807, 2.05) is 6.92 Å². The number of nitrogens with one attached hydrogen (secondary N) is 1. The monoisotopic (exact) mass is 282 g/mol. The first-order valence-electron chi connectivity index (χ1n) is 8.61. The lowest BCUT2D eigenvalue weighted by Crippen LogP contribution is -2.43. The Morgan fingerprint density at radius 1 is 1.30 bits per heavy atom. The van der Waals surface area contributed by atoms with Crippen LogP contribution in [0.25, 0.3) is 0 Å². The van der Waals surface area contributed by atoms with Gasteiger partial charge in [-0.2, -0.15) is 0 Å². The van der Waals surface area contributed by atoms with E-state index in [0.717, 1.165) is 44.9 Å². The second-order valence-corrected chi connectivity index (χ2v) is 7.84. The van der Waals surface area contributed by atoms with Crippen LogP contribution in [0.1, 0.15) is 65.7 Å². The van der Waals surface area contributed by atoms with Crippen molar-refractivity contribution in [2.45, 2.75) is 77.4 Å². The van der Waals surface area contributed by atoms with Crippen molar-refractivity contribution >= 4 is 0 Å². The molecule has 2 fully saturated rings. The van der Waals surface area contributed by atoms with Crippen molar-refractivity contribution in [2.75, 3.05) is 26.2 Å². The van der Waals surface area contributed by atoms with Crippen LogP contribution in [0.3, 0.4) is 0 Å². The summed E-state index contributed by atoms with van der Waals surface area (Å²) in [4.78, 5) is 2.59. The van der Waals surface area contributed by atoms with Gasteiger partial charge in [-0.15, -0.1) is 0 Å². The molecule has 0 radical (unpaired) electrons. The van der Waals surface area contributed by atoms with Gasteiger partial charge in [-0.05, 0) is 57.4 Å². The number of nitrogens with zero attached hydrogens (tertiary/aromatic N) is 1. The molecule has 0 spiro atoms. The summed E-state index contributed by atoms with van der Waals surface area (Å²) in [6, 6.07) is 0.802. The van der Waals surface area contributed by atoms with Crippen LogP contribution >= 0.6 is 0 Å². The largest absolute Gasteiger partial charge is 0.390 e. The van der Waals surface area contributed by atoms with E-state index in [2.05, 4.69) is 24.1 Å². The first-order chi connectivity index (χ1) is 9.42. The molecule has 1 aliphatic heterocycles. The summed E-state index contributed by atoms with van der Waals surface area (Å²) in [7, 11) is 0. The van der Waals surface area contributed by atoms with Gasteiger partial charge in [0.25, 0.3) is 0 Å². The Balaban J connectivity index is 1.85. The lowest BCUT2D eigenvalue weighted by atomic mass is 9.84. The third-order valence-electron chi connectivity index (χ3n) is 5.01. The molecular weight excluding hydrogens is 248 g/mol. The maximum absolute atomic E-state index is 10.2. The van der Waals surface area contributed by atoms with Crippen LogP contribution < -0.4 is 5.32 Å². The van der Waals surface area contributed by atoms with Gasteiger partial charge in [-0.3, -0.25) is 0 Å². The summed E-state index contributed by atoms with van der Waals surface area (Å²) in [5, 5.41) is 13.9. The lowest BCUT2D eigenvalue weighted by Gasteiger charge is -2.35. The average molecular weight is 282 g/mol. The highest BCUT2D eigenvalue weighted by Crippen LogP contribution is 2.29. The molecule has 0 aromatic rings. The fraction of sp³-hybridized carbons (Fsp3) is 1.00. The SMILES string of the molecule is CCCC(C)(CNC1CC1)CN1CCCC(C)(O)CC1. The molecule has 3 heteroatoms. The average Bonchev–Trinajstić information content (AvgIpc) is 3.17. The number of aliphatic hydroxyl groups is 1. The summed E-state index contributed by atoms with van der Waals surface area (Å²) < 4.78 is 0. The van der Waals surface area contributed by atoms with E-state index in [4.69, 9.17) is 0 Å². The van der Waals surface area contributed by atoms with E-state index in [1.54, 1.807) is 0 Å². The second-order valence-electron chi connectivity index (χ2n) is 7.84. The summed E-state index contributed by atoms with van der Waals surface area (Å²) in [5.41, 5.74) is -0.0598. The summed E-state index contributed by atoms with van der Waals surface area (Å²) >= 11 is 0. The minimum Gasteiger partial charge on any atom is -0.390 e. The number of likely N-dealkylation sites (tertiary alicyclic amines) is 1. The first kappa shape index (κ1) is 16.3. The van der Waals surface area contributed by atoms with Crippen molar-refractivity contribution in [3.05, 3.63) is 0 Å². The van der Waals surface area contributed by atoms with Gasteiger partial charge >= 0.3 is 0 Å². The van der Waals surface area contributed by atoms with E-state index in [0.29, 0.717) is 5.41 Å². The fourth-order valence-corrected chi connectivity index (χ4v) is 3.52. The molecule has 0 bridgehead atoms. The van der Waals surface area contributed by atoms with E-state index in [1.165, 1.54) is 32.2 Å². The topological polar surface area (TPSA) is 35.5 Å². The Morgan fingerprint density at radius 2 is 2.05 bits per heavy atom. The highest BCUT2D eigenvalue weighted by molar-refractivity contribution is 4.88. The van der Waals surface area contributed by atoms with Gasteiger partial charge in [0.2, 0.25) is 0 Å². The van der Waals surface area contributed by atoms with Gasteiger partial charge in [0, 0.05) is 25.7 Å². The molecule has 2 N–H and O–H groups in total. The Hall–Kier alpha value is -0.120. The van der Waals surface area contributed by atoms with Crippen molar-refractivity contribution < 1.29 is 5.11 Å². The summed E-state index contributed by atoms with van der Waals surface area (Å²) in [6.45, 7) is 11.3. The van der Waals surface area contributed by atoms with Crippen LogP contribution in [0.4, 0.5) is 0 Å². The van der Waals surface area contributed by atoms with Crippen molar-refractivity contribution in [3.8, 4) is 0 Å². The summed E-state index contributed by atoms with van der Waals surface area (Å²) in [6.07, 6.45) is 8.29.